The zero-order valence-electron chi connectivity index (χ0n) is 15.7. The molecule has 26 heavy (non-hydrogen) atoms. The Hall–Kier alpha value is -2.37. The lowest BCUT2D eigenvalue weighted by Gasteiger charge is -2.35. The van der Waals surface area contributed by atoms with Crippen LogP contribution in [0.2, 0.25) is 0 Å². The zero-order chi connectivity index (χ0) is 18.7. The van der Waals surface area contributed by atoms with Gasteiger partial charge in [-0.2, -0.15) is 0 Å². The van der Waals surface area contributed by atoms with Crippen LogP contribution >= 0.6 is 0 Å². The maximum Gasteiger partial charge on any atom is 0.227 e. The van der Waals surface area contributed by atoms with E-state index in [0.717, 1.165) is 29.7 Å². The lowest BCUT2D eigenvalue weighted by Crippen LogP contribution is -2.50. The minimum Gasteiger partial charge on any atom is -0.339 e. The molecule has 1 aromatic rings. The molecule has 6 nitrogen and oxygen atoms in total. The molecule has 0 radical (unpaired) electrons. The molecule has 0 unspecified atom stereocenters. The summed E-state index contributed by atoms with van der Waals surface area (Å²) in [6.07, 6.45) is 3.07. The molecule has 3 rings (SSSR count). The van der Waals surface area contributed by atoms with Gasteiger partial charge in [0.25, 0.3) is 0 Å². The van der Waals surface area contributed by atoms with Crippen molar-refractivity contribution in [3.63, 3.8) is 0 Å². The number of nitrogens with zero attached hydrogens (tertiary/aromatic N) is 3. The van der Waals surface area contributed by atoms with Crippen molar-refractivity contribution in [2.75, 3.05) is 38.1 Å². The molecule has 140 valence electrons. The highest BCUT2D eigenvalue weighted by Crippen LogP contribution is 2.27. The summed E-state index contributed by atoms with van der Waals surface area (Å²) < 4.78 is 0. The van der Waals surface area contributed by atoms with E-state index in [1.165, 1.54) is 0 Å². The number of benzene rings is 1. The van der Waals surface area contributed by atoms with Crippen LogP contribution < -0.4 is 4.90 Å². The van der Waals surface area contributed by atoms with Gasteiger partial charge in [0.2, 0.25) is 17.7 Å². The maximum absolute atomic E-state index is 12.6. The average Bonchev–Trinajstić information content (AvgIpc) is 2.65. The van der Waals surface area contributed by atoms with E-state index in [0.29, 0.717) is 45.4 Å². The highest BCUT2D eigenvalue weighted by molar-refractivity contribution is 5.96. The van der Waals surface area contributed by atoms with Gasteiger partial charge >= 0.3 is 0 Å². The quantitative estimate of drug-likeness (QED) is 0.822. The van der Waals surface area contributed by atoms with E-state index in [1.807, 2.05) is 28.9 Å². The molecule has 3 amide bonds. The molecule has 1 aromatic carbocycles. The molecule has 0 N–H and O–H groups in total. The SMILES string of the molecule is CCCC(=O)N1CCN(C(=O)Cc2ccc3c(c2)CCC(=O)N3C)CC1. The van der Waals surface area contributed by atoms with Crippen LogP contribution in [-0.4, -0.2) is 60.7 Å². The van der Waals surface area contributed by atoms with Crippen molar-refractivity contribution in [1.29, 1.82) is 0 Å². The number of hydrogen-bond donors (Lipinski definition) is 0. The van der Waals surface area contributed by atoms with Gasteiger partial charge in [0, 0.05) is 51.8 Å². The van der Waals surface area contributed by atoms with E-state index in [9.17, 15) is 14.4 Å². The number of amides is 3. The Balaban J connectivity index is 1.58. The molecule has 0 saturated carbocycles. The minimum absolute atomic E-state index is 0.104. The summed E-state index contributed by atoms with van der Waals surface area (Å²) in [4.78, 5) is 41.7. The number of carbonyl (C=O) groups is 3. The molecule has 2 heterocycles. The van der Waals surface area contributed by atoms with Crippen LogP contribution in [0.3, 0.4) is 0 Å². The van der Waals surface area contributed by atoms with Crippen molar-refractivity contribution < 1.29 is 14.4 Å². The van der Waals surface area contributed by atoms with Crippen molar-refractivity contribution in [3.05, 3.63) is 29.3 Å². The predicted molar refractivity (Wildman–Crippen MR) is 99.9 cm³/mol. The third-order valence-corrected chi connectivity index (χ3v) is 5.29. The van der Waals surface area contributed by atoms with Gasteiger partial charge in [-0.05, 0) is 30.0 Å². The third kappa shape index (κ3) is 3.89. The summed E-state index contributed by atoms with van der Waals surface area (Å²) in [7, 11) is 1.80. The summed E-state index contributed by atoms with van der Waals surface area (Å²) in [5.41, 5.74) is 3.06. The molecular weight excluding hydrogens is 330 g/mol. The number of anilines is 1. The Morgan fingerprint density at radius 2 is 1.65 bits per heavy atom. The van der Waals surface area contributed by atoms with E-state index >= 15 is 0 Å². The molecular formula is C20H27N3O3. The number of aryl methyl sites for hydroxylation is 1. The summed E-state index contributed by atoms with van der Waals surface area (Å²) in [5.74, 6) is 0.428. The first kappa shape index (κ1) is 18.4. The van der Waals surface area contributed by atoms with Crippen molar-refractivity contribution in [2.45, 2.75) is 39.0 Å². The fraction of sp³-hybridized carbons (Fsp3) is 0.550. The Bertz CT molecular complexity index is 708. The van der Waals surface area contributed by atoms with Crippen LogP contribution in [0.4, 0.5) is 5.69 Å². The van der Waals surface area contributed by atoms with Crippen molar-refractivity contribution >= 4 is 23.4 Å². The normalized spacial score (nSPS) is 17.3. The van der Waals surface area contributed by atoms with Gasteiger partial charge in [-0.25, -0.2) is 0 Å². The van der Waals surface area contributed by atoms with Crippen LogP contribution in [-0.2, 0) is 27.2 Å². The fourth-order valence-corrected chi connectivity index (χ4v) is 3.68. The minimum atomic E-state index is 0.104. The Labute approximate surface area is 154 Å². The van der Waals surface area contributed by atoms with E-state index in [-0.39, 0.29) is 17.7 Å². The summed E-state index contributed by atoms with van der Waals surface area (Å²) in [6, 6.07) is 5.93. The van der Waals surface area contributed by atoms with Crippen LogP contribution in [0, 0.1) is 0 Å². The van der Waals surface area contributed by atoms with Gasteiger partial charge in [0.05, 0.1) is 6.42 Å². The molecule has 0 aliphatic carbocycles. The first-order valence-electron chi connectivity index (χ1n) is 9.43. The van der Waals surface area contributed by atoms with Gasteiger partial charge in [-0.15, -0.1) is 0 Å². The van der Waals surface area contributed by atoms with Crippen LogP contribution in [0.15, 0.2) is 18.2 Å². The van der Waals surface area contributed by atoms with E-state index < -0.39 is 0 Å². The number of carbonyl (C=O) groups excluding carboxylic acids is 3. The molecule has 0 atom stereocenters. The van der Waals surface area contributed by atoms with Gasteiger partial charge in [0.1, 0.15) is 0 Å². The predicted octanol–water partition coefficient (Wildman–Crippen LogP) is 1.61. The molecule has 0 aromatic heterocycles. The number of piperazine rings is 1. The highest BCUT2D eigenvalue weighted by atomic mass is 16.2. The Morgan fingerprint density at radius 3 is 2.31 bits per heavy atom. The van der Waals surface area contributed by atoms with Gasteiger partial charge < -0.3 is 14.7 Å². The molecule has 2 aliphatic heterocycles. The first-order valence-corrected chi connectivity index (χ1v) is 9.43. The number of rotatable bonds is 4. The number of fused-ring (bicyclic) bond motifs is 1. The molecule has 1 fully saturated rings. The second-order valence-corrected chi connectivity index (χ2v) is 7.10. The van der Waals surface area contributed by atoms with E-state index in [4.69, 9.17) is 0 Å². The van der Waals surface area contributed by atoms with Crippen LogP contribution in [0.5, 0.6) is 0 Å². The molecule has 6 heteroatoms. The fourth-order valence-electron chi connectivity index (χ4n) is 3.68. The van der Waals surface area contributed by atoms with E-state index in [2.05, 4.69) is 6.07 Å². The Morgan fingerprint density at radius 1 is 1.00 bits per heavy atom. The second kappa shape index (κ2) is 7.89. The zero-order valence-corrected chi connectivity index (χ0v) is 15.7. The van der Waals surface area contributed by atoms with Gasteiger partial charge in [-0.1, -0.05) is 19.1 Å². The summed E-state index contributed by atoms with van der Waals surface area (Å²) >= 11 is 0. The van der Waals surface area contributed by atoms with Gasteiger partial charge in [-0.3, -0.25) is 14.4 Å². The molecule has 0 bridgehead atoms. The summed E-state index contributed by atoms with van der Waals surface area (Å²) in [5, 5.41) is 0. The lowest BCUT2D eigenvalue weighted by molar-refractivity contribution is -0.139. The molecule has 2 aliphatic rings. The monoisotopic (exact) mass is 357 g/mol. The first-order chi connectivity index (χ1) is 12.5. The Kier molecular flexibility index (Phi) is 5.59. The van der Waals surface area contributed by atoms with E-state index in [1.54, 1.807) is 11.9 Å². The standard InChI is InChI=1S/C20H27N3O3/c1-3-4-19(25)22-9-11-23(12-10-22)20(26)14-15-5-7-17-16(13-15)6-8-18(24)21(17)2/h5,7,13H,3-4,6,8-12,14H2,1-2H3. The van der Waals surface area contributed by atoms with Crippen LogP contribution in [0.25, 0.3) is 0 Å². The smallest absolute Gasteiger partial charge is 0.227 e. The third-order valence-electron chi connectivity index (χ3n) is 5.29. The van der Waals surface area contributed by atoms with Crippen LogP contribution in [0.1, 0.15) is 37.3 Å². The van der Waals surface area contributed by atoms with Crippen molar-refractivity contribution in [1.82, 2.24) is 9.80 Å². The average molecular weight is 357 g/mol. The highest BCUT2D eigenvalue weighted by Gasteiger charge is 2.25. The number of hydrogen-bond acceptors (Lipinski definition) is 3. The molecule has 0 spiro atoms. The largest absolute Gasteiger partial charge is 0.339 e. The van der Waals surface area contributed by atoms with Gasteiger partial charge in [0.15, 0.2) is 0 Å². The summed E-state index contributed by atoms with van der Waals surface area (Å²) in [6.45, 7) is 4.47. The molecule has 1 saturated heterocycles. The van der Waals surface area contributed by atoms with Crippen molar-refractivity contribution in [2.24, 2.45) is 0 Å². The van der Waals surface area contributed by atoms with Crippen molar-refractivity contribution in [3.8, 4) is 0 Å². The lowest BCUT2D eigenvalue weighted by atomic mass is 9.98. The second-order valence-electron chi connectivity index (χ2n) is 7.10. The topological polar surface area (TPSA) is 60.9 Å². The maximum atomic E-state index is 12.6.